The summed E-state index contributed by atoms with van der Waals surface area (Å²) < 4.78 is 19.3. The molecule has 4 aromatic carbocycles. The van der Waals surface area contributed by atoms with E-state index < -0.39 is 11.7 Å². The average Bonchev–Trinajstić information content (AvgIpc) is 3.77. The monoisotopic (exact) mass is 611 g/mol. The van der Waals surface area contributed by atoms with Crippen LogP contribution in [0.5, 0.6) is 11.5 Å². The van der Waals surface area contributed by atoms with Gasteiger partial charge in [-0.15, -0.1) is 0 Å². The number of hydrogen-bond acceptors (Lipinski definition) is 6. The Morgan fingerprint density at radius 2 is 1.70 bits per heavy atom. The van der Waals surface area contributed by atoms with Crippen LogP contribution in [-0.2, 0) is 11.3 Å². The Morgan fingerprint density at radius 3 is 2.46 bits per heavy atom. The predicted octanol–water partition coefficient (Wildman–Crippen LogP) is 9.49. The number of para-hydroxylation sites is 1. The molecule has 0 unspecified atom stereocenters. The van der Waals surface area contributed by atoms with Crippen molar-refractivity contribution in [3.8, 4) is 45.1 Å². The minimum atomic E-state index is -0.671. The Labute approximate surface area is 265 Å². The molecule has 0 radical (unpaired) electrons. The van der Waals surface area contributed by atoms with Gasteiger partial charge in [0.05, 0.1) is 17.2 Å². The molecule has 0 saturated carbocycles. The van der Waals surface area contributed by atoms with E-state index in [9.17, 15) is 9.90 Å². The van der Waals surface area contributed by atoms with E-state index in [0.717, 1.165) is 44.1 Å². The third-order valence-electron chi connectivity index (χ3n) is 7.82. The lowest BCUT2D eigenvalue weighted by Gasteiger charge is -2.19. The molecule has 0 aliphatic heterocycles. The Hall–Kier alpha value is -5.76. The summed E-state index contributed by atoms with van der Waals surface area (Å²) in [6.45, 7) is 7.73. The van der Waals surface area contributed by atoms with Gasteiger partial charge in [-0.2, -0.15) is 0 Å². The average molecular weight is 612 g/mol. The number of nitrogens with zero attached hydrogens (tertiary/aromatic N) is 2. The van der Waals surface area contributed by atoms with E-state index in [4.69, 9.17) is 13.9 Å². The van der Waals surface area contributed by atoms with Crippen molar-refractivity contribution in [2.45, 2.75) is 39.9 Å². The zero-order valence-corrected chi connectivity index (χ0v) is 26.0. The highest BCUT2D eigenvalue weighted by Gasteiger charge is 2.25. The van der Waals surface area contributed by atoms with Crippen molar-refractivity contribution in [1.29, 1.82) is 0 Å². The molecule has 8 heteroatoms. The van der Waals surface area contributed by atoms with Crippen LogP contribution < -0.4 is 4.74 Å². The lowest BCUT2D eigenvalue weighted by Crippen LogP contribution is -2.26. The Kier molecular flexibility index (Phi) is 7.12. The van der Waals surface area contributed by atoms with Gasteiger partial charge in [-0.05, 0) is 56.2 Å². The van der Waals surface area contributed by atoms with E-state index in [1.54, 1.807) is 31.5 Å². The predicted molar refractivity (Wildman–Crippen MR) is 179 cm³/mol. The molecule has 3 heterocycles. The molecule has 0 aliphatic rings. The number of H-pyrrole nitrogens is 1. The van der Waals surface area contributed by atoms with Crippen molar-refractivity contribution in [2.75, 3.05) is 0 Å². The zero-order chi connectivity index (χ0) is 32.0. The highest BCUT2D eigenvalue weighted by atomic mass is 16.6. The molecule has 46 heavy (non-hydrogen) atoms. The van der Waals surface area contributed by atoms with Gasteiger partial charge in [0.15, 0.2) is 11.7 Å². The van der Waals surface area contributed by atoms with Crippen molar-refractivity contribution in [2.24, 2.45) is 0 Å². The second-order valence-corrected chi connectivity index (χ2v) is 12.2. The number of aromatic amines is 1. The van der Waals surface area contributed by atoms with E-state index in [-0.39, 0.29) is 5.75 Å². The first-order chi connectivity index (χ1) is 22.2. The largest absolute Gasteiger partial charge is 0.507 e. The summed E-state index contributed by atoms with van der Waals surface area (Å²) in [4.78, 5) is 21.2. The molecule has 0 atom stereocenters. The maximum atomic E-state index is 13.4. The maximum absolute atomic E-state index is 13.4. The molecule has 0 spiro atoms. The number of aryl methyl sites for hydroxylation is 1. The highest BCUT2D eigenvalue weighted by molar-refractivity contribution is 6.13. The quantitative estimate of drug-likeness (QED) is 0.194. The number of phenols is 1. The van der Waals surface area contributed by atoms with Gasteiger partial charge >= 0.3 is 6.09 Å². The van der Waals surface area contributed by atoms with E-state index in [1.807, 2.05) is 99.8 Å². The molecule has 0 aliphatic carbocycles. The molecule has 0 amide bonds. The smallest absolute Gasteiger partial charge is 0.419 e. The minimum Gasteiger partial charge on any atom is -0.507 e. The minimum absolute atomic E-state index is 0.151. The molecular formula is C38H33N3O5. The van der Waals surface area contributed by atoms with Crippen LogP contribution in [0.1, 0.15) is 32.2 Å². The number of carbonyl (C=O) groups excluding carboxylic acids is 1. The fourth-order valence-corrected chi connectivity index (χ4v) is 5.81. The summed E-state index contributed by atoms with van der Waals surface area (Å²) in [5, 5.41) is 12.7. The molecule has 7 rings (SSSR count). The molecular weight excluding hydrogens is 578 g/mol. The van der Waals surface area contributed by atoms with Gasteiger partial charge in [-0.25, -0.2) is 9.78 Å². The van der Waals surface area contributed by atoms with Gasteiger partial charge in [0.1, 0.15) is 23.7 Å². The molecule has 230 valence electrons. The summed E-state index contributed by atoms with van der Waals surface area (Å²) in [6, 6.07) is 27.1. The van der Waals surface area contributed by atoms with Crippen LogP contribution in [-0.4, -0.2) is 31.3 Å². The van der Waals surface area contributed by atoms with E-state index >= 15 is 0 Å². The van der Waals surface area contributed by atoms with Gasteiger partial charge in [-0.1, -0.05) is 60.7 Å². The standard InChI is InChI=1S/C38H33N3O5/c1-23-39-20-34(45-23)31-21-41(37(43)46-38(2,3)4)32-15-9-12-26(35(31)32)27-13-8-14-28-30(19-40-36(27)28)29-18-25(16-17-33(29)42)44-22-24-10-6-5-7-11-24/h5-21,40,42H,22H2,1-4H3. The van der Waals surface area contributed by atoms with Gasteiger partial charge < -0.3 is 24.0 Å². The number of oxazole rings is 1. The maximum Gasteiger partial charge on any atom is 0.419 e. The number of phenolic OH excluding ortho intramolecular Hbond substituents is 1. The van der Waals surface area contributed by atoms with Crippen LogP contribution in [0, 0.1) is 6.92 Å². The Balaban J connectivity index is 1.35. The number of hydrogen-bond donors (Lipinski definition) is 2. The SMILES string of the molecule is Cc1ncc(-c2cn(C(=O)OC(C)(C)C)c3cccc(-c4cccc5c(-c6cc(OCc7ccccc7)ccc6O)c[nH]c45)c23)o1. The molecule has 3 aromatic heterocycles. The lowest BCUT2D eigenvalue weighted by atomic mass is 9.95. The zero-order valence-electron chi connectivity index (χ0n) is 26.0. The summed E-state index contributed by atoms with van der Waals surface area (Å²) in [5.74, 6) is 1.88. The van der Waals surface area contributed by atoms with Crippen LogP contribution in [0.3, 0.4) is 0 Å². The van der Waals surface area contributed by atoms with Crippen molar-refractivity contribution in [3.63, 3.8) is 0 Å². The number of fused-ring (bicyclic) bond motifs is 2. The van der Waals surface area contributed by atoms with Crippen LogP contribution in [0.15, 0.2) is 108 Å². The van der Waals surface area contributed by atoms with Gasteiger partial charge in [-0.3, -0.25) is 4.57 Å². The normalized spacial score (nSPS) is 11.7. The number of aromatic hydroxyl groups is 1. The summed E-state index contributed by atoms with van der Waals surface area (Å²) in [6.07, 6.45) is 4.84. The van der Waals surface area contributed by atoms with Crippen LogP contribution >= 0.6 is 0 Å². The lowest BCUT2D eigenvalue weighted by molar-refractivity contribution is 0.0544. The summed E-state index contributed by atoms with van der Waals surface area (Å²) in [5.41, 5.74) is 5.98. The number of ether oxygens (including phenoxy) is 2. The topological polar surface area (TPSA) is 103 Å². The third kappa shape index (κ3) is 5.38. The number of nitrogens with one attached hydrogen (secondary N) is 1. The molecule has 2 N–H and O–H groups in total. The first kappa shape index (κ1) is 29.0. The molecule has 7 aromatic rings. The summed E-state index contributed by atoms with van der Waals surface area (Å²) >= 11 is 0. The summed E-state index contributed by atoms with van der Waals surface area (Å²) in [7, 11) is 0. The van der Waals surface area contributed by atoms with Crippen LogP contribution in [0.25, 0.3) is 55.4 Å². The van der Waals surface area contributed by atoms with Crippen molar-refractivity contribution in [1.82, 2.24) is 14.5 Å². The number of carbonyl (C=O) groups is 1. The third-order valence-corrected chi connectivity index (χ3v) is 7.82. The van der Waals surface area contributed by atoms with Gasteiger partial charge in [0.2, 0.25) is 0 Å². The van der Waals surface area contributed by atoms with Crippen molar-refractivity contribution in [3.05, 3.63) is 115 Å². The van der Waals surface area contributed by atoms with Crippen LogP contribution in [0.4, 0.5) is 4.79 Å². The van der Waals surface area contributed by atoms with E-state index in [2.05, 4.69) is 9.97 Å². The first-order valence-corrected chi connectivity index (χ1v) is 15.1. The van der Waals surface area contributed by atoms with Crippen molar-refractivity contribution < 1.29 is 23.8 Å². The van der Waals surface area contributed by atoms with E-state index in [1.165, 1.54) is 4.57 Å². The Morgan fingerprint density at radius 1 is 0.913 bits per heavy atom. The van der Waals surface area contributed by atoms with E-state index in [0.29, 0.717) is 35.1 Å². The number of benzene rings is 4. The molecule has 8 nitrogen and oxygen atoms in total. The molecule has 0 saturated heterocycles. The highest BCUT2D eigenvalue weighted by Crippen LogP contribution is 2.43. The molecule has 0 fully saturated rings. The second-order valence-electron chi connectivity index (χ2n) is 12.2. The fourth-order valence-electron chi connectivity index (χ4n) is 5.81. The second kappa shape index (κ2) is 11.3. The number of aromatic nitrogens is 3. The van der Waals surface area contributed by atoms with Crippen molar-refractivity contribution >= 4 is 27.9 Å². The van der Waals surface area contributed by atoms with Crippen LogP contribution in [0.2, 0.25) is 0 Å². The Bertz CT molecular complexity index is 2220. The fraction of sp³-hybridized carbons (Fsp3) is 0.158. The first-order valence-electron chi connectivity index (χ1n) is 15.1. The number of rotatable bonds is 6. The molecule has 0 bridgehead atoms. The van der Waals surface area contributed by atoms with Gasteiger partial charge in [0, 0.05) is 52.3 Å². The van der Waals surface area contributed by atoms with Gasteiger partial charge in [0.25, 0.3) is 0 Å².